The summed E-state index contributed by atoms with van der Waals surface area (Å²) in [6.07, 6.45) is 1.62. The van der Waals surface area contributed by atoms with E-state index in [-0.39, 0.29) is 12.7 Å². The van der Waals surface area contributed by atoms with Gasteiger partial charge in [-0.3, -0.25) is 0 Å². The lowest BCUT2D eigenvalue weighted by molar-refractivity contribution is 0.125. The largest absolute Gasteiger partial charge is 0.475 e. The van der Waals surface area contributed by atoms with E-state index in [9.17, 15) is 0 Å². The van der Waals surface area contributed by atoms with Crippen LogP contribution in [0.2, 0.25) is 0 Å². The molecule has 0 radical (unpaired) electrons. The molecule has 0 saturated carbocycles. The Morgan fingerprint density at radius 2 is 2.14 bits per heavy atom. The van der Waals surface area contributed by atoms with Gasteiger partial charge < -0.3 is 9.84 Å². The minimum absolute atomic E-state index is 0.0579. The molecule has 1 aliphatic heterocycles. The summed E-state index contributed by atoms with van der Waals surface area (Å²) in [4.78, 5) is 4.34. The molecule has 1 atom stereocenters. The van der Waals surface area contributed by atoms with Crippen LogP contribution in [0.15, 0.2) is 35.3 Å². The smallest absolute Gasteiger partial charge is 0.188 e. The van der Waals surface area contributed by atoms with Crippen molar-refractivity contribution < 1.29 is 9.84 Å². The molecule has 1 fully saturated rings. The highest BCUT2D eigenvalue weighted by Gasteiger charge is 2.20. The van der Waals surface area contributed by atoms with Crippen molar-refractivity contribution in [1.82, 2.24) is 0 Å². The van der Waals surface area contributed by atoms with Gasteiger partial charge in [-0.05, 0) is 18.6 Å². The zero-order valence-electron chi connectivity index (χ0n) is 7.89. The Kier molecular flexibility index (Phi) is 2.79. The van der Waals surface area contributed by atoms with Gasteiger partial charge >= 0.3 is 0 Å². The van der Waals surface area contributed by atoms with E-state index in [0.717, 1.165) is 24.4 Å². The highest BCUT2D eigenvalue weighted by molar-refractivity contribution is 5.80. The average Bonchev–Trinajstić information content (AvgIpc) is 2.67. The number of aliphatic hydroxyl groups is 1. The van der Waals surface area contributed by atoms with E-state index in [4.69, 9.17) is 9.84 Å². The highest BCUT2D eigenvalue weighted by atomic mass is 16.5. The fourth-order valence-electron chi connectivity index (χ4n) is 1.45. The van der Waals surface area contributed by atoms with Gasteiger partial charge in [-0.15, -0.1) is 0 Å². The van der Waals surface area contributed by atoms with Crippen molar-refractivity contribution in [1.29, 1.82) is 0 Å². The lowest BCUT2D eigenvalue weighted by Crippen LogP contribution is -2.11. The van der Waals surface area contributed by atoms with Crippen LogP contribution in [-0.4, -0.2) is 23.7 Å². The Balaban J connectivity index is 2.06. The molecule has 3 nitrogen and oxygen atoms in total. The summed E-state index contributed by atoms with van der Waals surface area (Å²) in [5.41, 5.74) is 0.904. The van der Waals surface area contributed by atoms with Gasteiger partial charge in [-0.1, -0.05) is 18.2 Å². The lowest BCUT2D eigenvalue weighted by atomic mass is 10.2. The van der Waals surface area contributed by atoms with Gasteiger partial charge in [0.05, 0.1) is 12.3 Å². The normalized spacial score (nSPS) is 23.8. The van der Waals surface area contributed by atoms with Gasteiger partial charge in [-0.25, -0.2) is 4.99 Å². The zero-order valence-corrected chi connectivity index (χ0v) is 7.89. The van der Waals surface area contributed by atoms with Crippen LogP contribution in [0.1, 0.15) is 12.8 Å². The first-order chi connectivity index (χ1) is 6.88. The molecule has 0 aromatic heterocycles. The van der Waals surface area contributed by atoms with E-state index in [0.29, 0.717) is 0 Å². The standard InChI is InChI=1S/C11H13NO2/c13-8-10-6-7-11(14-10)12-9-4-2-1-3-5-9/h1-5,10,13H,6-8H2. The molecule has 1 aromatic rings. The van der Waals surface area contributed by atoms with E-state index in [1.165, 1.54) is 0 Å². The summed E-state index contributed by atoms with van der Waals surface area (Å²) < 4.78 is 5.41. The van der Waals surface area contributed by atoms with Crippen molar-refractivity contribution in [3.63, 3.8) is 0 Å². The molecule has 1 aliphatic rings. The summed E-state index contributed by atoms with van der Waals surface area (Å²) in [6, 6.07) is 9.71. The number of rotatable bonds is 2. The topological polar surface area (TPSA) is 41.8 Å². The molecule has 1 heterocycles. The molecule has 1 N–H and O–H groups in total. The van der Waals surface area contributed by atoms with E-state index in [1.807, 2.05) is 30.3 Å². The van der Waals surface area contributed by atoms with Gasteiger partial charge in [0.15, 0.2) is 5.90 Å². The monoisotopic (exact) mass is 191 g/mol. The molecule has 0 bridgehead atoms. The summed E-state index contributed by atoms with van der Waals surface area (Å²) >= 11 is 0. The van der Waals surface area contributed by atoms with E-state index in [1.54, 1.807) is 0 Å². The van der Waals surface area contributed by atoms with E-state index in [2.05, 4.69) is 4.99 Å². The maximum absolute atomic E-state index is 8.87. The number of para-hydroxylation sites is 1. The Hall–Kier alpha value is -1.35. The number of nitrogens with zero attached hydrogens (tertiary/aromatic N) is 1. The van der Waals surface area contributed by atoms with Crippen LogP contribution in [0.5, 0.6) is 0 Å². The number of aliphatic hydroxyl groups excluding tert-OH is 1. The van der Waals surface area contributed by atoms with E-state index < -0.39 is 0 Å². The number of ether oxygens (including phenoxy) is 1. The molecule has 2 rings (SSSR count). The van der Waals surface area contributed by atoms with Gasteiger partial charge in [0, 0.05) is 6.42 Å². The van der Waals surface area contributed by atoms with Gasteiger partial charge in [-0.2, -0.15) is 0 Å². The molecule has 74 valence electrons. The van der Waals surface area contributed by atoms with Crippen LogP contribution < -0.4 is 0 Å². The maximum atomic E-state index is 8.87. The predicted molar refractivity (Wildman–Crippen MR) is 54.7 cm³/mol. The van der Waals surface area contributed by atoms with Crippen molar-refractivity contribution in [2.75, 3.05) is 6.61 Å². The second-order valence-corrected chi connectivity index (χ2v) is 3.30. The van der Waals surface area contributed by atoms with Crippen LogP contribution in [0.3, 0.4) is 0 Å². The Morgan fingerprint density at radius 1 is 1.36 bits per heavy atom. The molecule has 0 amide bonds. The third kappa shape index (κ3) is 2.12. The number of benzene rings is 1. The maximum Gasteiger partial charge on any atom is 0.188 e. The Morgan fingerprint density at radius 3 is 2.79 bits per heavy atom. The molecular formula is C11H13NO2. The number of hydrogen-bond donors (Lipinski definition) is 1. The quantitative estimate of drug-likeness (QED) is 0.775. The average molecular weight is 191 g/mol. The first-order valence-electron chi connectivity index (χ1n) is 4.78. The number of hydrogen-bond acceptors (Lipinski definition) is 3. The molecule has 0 spiro atoms. The van der Waals surface area contributed by atoms with Crippen molar-refractivity contribution in [3.05, 3.63) is 30.3 Å². The fraction of sp³-hybridized carbons (Fsp3) is 0.364. The molecule has 1 unspecified atom stereocenters. The molecule has 14 heavy (non-hydrogen) atoms. The van der Waals surface area contributed by atoms with Crippen molar-refractivity contribution in [2.24, 2.45) is 4.99 Å². The lowest BCUT2D eigenvalue weighted by Gasteiger charge is -2.04. The molecule has 3 heteroatoms. The Bertz CT molecular complexity index is 321. The summed E-state index contributed by atoms with van der Waals surface area (Å²) in [6.45, 7) is 0.0772. The van der Waals surface area contributed by atoms with E-state index >= 15 is 0 Å². The summed E-state index contributed by atoms with van der Waals surface area (Å²) in [5, 5.41) is 8.87. The fourth-order valence-corrected chi connectivity index (χ4v) is 1.45. The summed E-state index contributed by atoms with van der Waals surface area (Å²) in [7, 11) is 0. The van der Waals surface area contributed by atoms with Crippen molar-refractivity contribution in [2.45, 2.75) is 18.9 Å². The molecular weight excluding hydrogens is 178 g/mol. The second kappa shape index (κ2) is 4.24. The van der Waals surface area contributed by atoms with Crippen LogP contribution in [0, 0.1) is 0 Å². The van der Waals surface area contributed by atoms with Crippen LogP contribution in [-0.2, 0) is 4.74 Å². The Labute approximate surface area is 83.1 Å². The first kappa shape index (κ1) is 9.21. The van der Waals surface area contributed by atoms with Gasteiger partial charge in [0.25, 0.3) is 0 Å². The van der Waals surface area contributed by atoms with Crippen molar-refractivity contribution in [3.8, 4) is 0 Å². The predicted octanol–water partition coefficient (Wildman–Crippen LogP) is 1.89. The van der Waals surface area contributed by atoms with Crippen LogP contribution in [0.25, 0.3) is 0 Å². The molecule has 1 aromatic carbocycles. The summed E-state index contributed by atoms with van der Waals surface area (Å²) in [5.74, 6) is 0.732. The third-order valence-electron chi connectivity index (χ3n) is 2.20. The van der Waals surface area contributed by atoms with Gasteiger partial charge in [0.1, 0.15) is 6.10 Å². The third-order valence-corrected chi connectivity index (χ3v) is 2.20. The molecule has 1 saturated heterocycles. The zero-order chi connectivity index (χ0) is 9.80. The minimum atomic E-state index is -0.0579. The molecule has 0 aliphatic carbocycles. The highest BCUT2D eigenvalue weighted by Crippen LogP contribution is 2.19. The first-order valence-corrected chi connectivity index (χ1v) is 4.78. The van der Waals surface area contributed by atoms with Gasteiger partial charge in [0.2, 0.25) is 0 Å². The number of aliphatic imine (C=N–C) groups is 1. The van der Waals surface area contributed by atoms with Crippen molar-refractivity contribution >= 4 is 11.6 Å². The van der Waals surface area contributed by atoms with Crippen LogP contribution in [0.4, 0.5) is 5.69 Å². The SMILES string of the molecule is OCC1CCC(=Nc2ccccc2)O1. The van der Waals surface area contributed by atoms with Crippen LogP contribution >= 0.6 is 0 Å². The minimum Gasteiger partial charge on any atom is -0.475 e. The second-order valence-electron chi connectivity index (χ2n) is 3.30.